The molecule has 1 amide bonds. The van der Waals surface area contributed by atoms with E-state index in [0.717, 1.165) is 10.2 Å². The van der Waals surface area contributed by atoms with Crippen LogP contribution in [0.1, 0.15) is 5.56 Å². The normalized spacial score (nSPS) is 11.1. The highest BCUT2D eigenvalue weighted by Gasteiger charge is 2.03. The van der Waals surface area contributed by atoms with Crippen LogP contribution in [0.4, 0.5) is 5.69 Å². The number of amides is 1. The van der Waals surface area contributed by atoms with E-state index < -0.39 is 0 Å². The summed E-state index contributed by atoms with van der Waals surface area (Å²) in [6, 6.07) is 9.61. The fourth-order valence-corrected chi connectivity index (χ4v) is 2.62. The van der Waals surface area contributed by atoms with Crippen molar-refractivity contribution in [2.45, 2.75) is 0 Å². The maximum absolute atomic E-state index is 11.9. The Balaban J connectivity index is 1.74. The van der Waals surface area contributed by atoms with Gasteiger partial charge in [0.2, 0.25) is 5.91 Å². The first kappa shape index (κ1) is 14.1. The smallest absolute Gasteiger partial charge is 0.248 e. The second-order valence-corrected chi connectivity index (χ2v) is 5.49. The van der Waals surface area contributed by atoms with Crippen LogP contribution in [-0.2, 0) is 4.79 Å². The number of nitrogens with one attached hydrogen (secondary N) is 1. The fraction of sp³-hybridized carbons (Fsp3) is 0. The monoisotopic (exact) mass is 312 g/mol. The van der Waals surface area contributed by atoms with E-state index in [4.69, 9.17) is 0 Å². The molecule has 0 saturated heterocycles. The minimum atomic E-state index is -0.336. The third-order valence-corrected chi connectivity index (χ3v) is 3.83. The molecule has 1 aromatic heterocycles. The number of fused-ring (bicyclic) bond motifs is 1. The molecule has 1 heterocycles. The molecule has 0 aliphatic carbocycles. The number of nitrogens with zero attached hydrogens (tertiary/aromatic N) is 1. The molecule has 2 aromatic carbocycles. The standard InChI is InChI=1S/C16H12N2O3S/c19-12-3-4-14(20)10(7-12)1-6-16(21)18-11-2-5-15-13(8-11)17-9-22-15/h1-9,19-20H,(H,18,21)/b6-1+. The number of aromatic nitrogens is 1. The maximum Gasteiger partial charge on any atom is 0.248 e. The molecule has 0 fully saturated rings. The highest BCUT2D eigenvalue weighted by atomic mass is 32.1. The summed E-state index contributed by atoms with van der Waals surface area (Å²) in [5.74, 6) is -0.324. The largest absolute Gasteiger partial charge is 0.508 e. The van der Waals surface area contributed by atoms with Gasteiger partial charge in [0.25, 0.3) is 0 Å². The van der Waals surface area contributed by atoms with Gasteiger partial charge in [0.15, 0.2) is 0 Å². The number of anilines is 1. The van der Waals surface area contributed by atoms with Gasteiger partial charge in [-0.1, -0.05) is 0 Å². The van der Waals surface area contributed by atoms with Gasteiger partial charge in [-0.25, -0.2) is 4.98 Å². The summed E-state index contributed by atoms with van der Waals surface area (Å²) in [7, 11) is 0. The highest BCUT2D eigenvalue weighted by molar-refractivity contribution is 7.16. The Morgan fingerprint density at radius 3 is 2.91 bits per heavy atom. The molecular weight excluding hydrogens is 300 g/mol. The maximum atomic E-state index is 11.9. The summed E-state index contributed by atoms with van der Waals surface area (Å²) < 4.78 is 1.05. The second kappa shape index (κ2) is 5.87. The van der Waals surface area contributed by atoms with E-state index in [-0.39, 0.29) is 17.4 Å². The number of hydrogen-bond acceptors (Lipinski definition) is 5. The quantitative estimate of drug-likeness (QED) is 0.511. The number of benzene rings is 2. The summed E-state index contributed by atoms with van der Waals surface area (Å²) in [6.07, 6.45) is 2.73. The molecule has 3 aromatic rings. The lowest BCUT2D eigenvalue weighted by molar-refractivity contribution is -0.111. The third-order valence-electron chi connectivity index (χ3n) is 3.02. The van der Waals surface area contributed by atoms with Crippen LogP contribution in [0.2, 0.25) is 0 Å². The van der Waals surface area contributed by atoms with Crippen molar-refractivity contribution in [1.29, 1.82) is 0 Å². The van der Waals surface area contributed by atoms with Crippen molar-refractivity contribution in [3.8, 4) is 11.5 Å². The highest BCUT2D eigenvalue weighted by Crippen LogP contribution is 2.24. The second-order valence-electron chi connectivity index (χ2n) is 4.60. The van der Waals surface area contributed by atoms with Crippen LogP contribution in [0.15, 0.2) is 48.0 Å². The molecule has 0 bridgehead atoms. The topological polar surface area (TPSA) is 82.5 Å². The molecule has 6 heteroatoms. The predicted molar refractivity (Wildman–Crippen MR) is 87.1 cm³/mol. The average molecular weight is 312 g/mol. The molecule has 0 spiro atoms. The van der Waals surface area contributed by atoms with Crippen molar-refractivity contribution in [3.63, 3.8) is 0 Å². The fourth-order valence-electron chi connectivity index (χ4n) is 1.96. The summed E-state index contributed by atoms with van der Waals surface area (Å²) in [6.45, 7) is 0. The van der Waals surface area contributed by atoms with E-state index in [9.17, 15) is 15.0 Å². The minimum absolute atomic E-state index is 0.00857. The number of phenolic OH excluding ortho intramolecular Hbond substituents is 2. The Labute approximate surface area is 130 Å². The third kappa shape index (κ3) is 3.07. The van der Waals surface area contributed by atoms with Crippen molar-refractivity contribution >= 4 is 39.2 Å². The van der Waals surface area contributed by atoms with Gasteiger partial charge in [0.05, 0.1) is 15.7 Å². The van der Waals surface area contributed by atoms with Crippen molar-refractivity contribution < 1.29 is 15.0 Å². The van der Waals surface area contributed by atoms with E-state index in [1.807, 2.05) is 6.07 Å². The van der Waals surface area contributed by atoms with Gasteiger partial charge in [0.1, 0.15) is 11.5 Å². The molecule has 0 aliphatic heterocycles. The lowest BCUT2D eigenvalue weighted by Crippen LogP contribution is -2.07. The first-order valence-electron chi connectivity index (χ1n) is 6.46. The van der Waals surface area contributed by atoms with Gasteiger partial charge in [0, 0.05) is 17.3 Å². The molecule has 3 rings (SSSR count). The van der Waals surface area contributed by atoms with Gasteiger partial charge >= 0.3 is 0 Å². The number of aromatic hydroxyl groups is 2. The Hall–Kier alpha value is -2.86. The number of phenols is 2. The number of hydrogen-bond donors (Lipinski definition) is 3. The lowest BCUT2D eigenvalue weighted by Gasteiger charge is -2.02. The van der Waals surface area contributed by atoms with E-state index in [2.05, 4.69) is 10.3 Å². The molecule has 3 N–H and O–H groups in total. The molecule has 0 radical (unpaired) electrons. The van der Waals surface area contributed by atoms with Crippen LogP contribution < -0.4 is 5.32 Å². The summed E-state index contributed by atoms with van der Waals surface area (Å²) >= 11 is 1.54. The van der Waals surface area contributed by atoms with Gasteiger partial charge in [-0.2, -0.15) is 0 Å². The molecule has 0 atom stereocenters. The molecule has 0 aliphatic rings. The first-order chi connectivity index (χ1) is 10.6. The molecular formula is C16H12N2O3S. The van der Waals surface area contributed by atoms with Gasteiger partial charge < -0.3 is 15.5 Å². The summed E-state index contributed by atoms with van der Waals surface area (Å²) in [4.78, 5) is 16.1. The molecule has 110 valence electrons. The zero-order chi connectivity index (χ0) is 15.5. The molecule has 22 heavy (non-hydrogen) atoms. The van der Waals surface area contributed by atoms with Crippen LogP contribution in [-0.4, -0.2) is 21.1 Å². The SMILES string of the molecule is O=C(/C=C/c1cc(O)ccc1O)Nc1ccc2scnc2c1. The van der Waals surface area contributed by atoms with Gasteiger partial charge in [-0.05, 0) is 42.5 Å². The van der Waals surface area contributed by atoms with E-state index in [1.54, 1.807) is 17.6 Å². The molecule has 5 nitrogen and oxygen atoms in total. The zero-order valence-corrected chi connectivity index (χ0v) is 12.2. The number of thiazole rings is 1. The summed E-state index contributed by atoms with van der Waals surface area (Å²) in [5.41, 5.74) is 3.59. The van der Waals surface area contributed by atoms with Gasteiger partial charge in [-0.15, -0.1) is 11.3 Å². The minimum Gasteiger partial charge on any atom is -0.508 e. The lowest BCUT2D eigenvalue weighted by atomic mass is 10.1. The van der Waals surface area contributed by atoms with Crippen LogP contribution in [0.5, 0.6) is 11.5 Å². The first-order valence-corrected chi connectivity index (χ1v) is 7.34. The van der Waals surface area contributed by atoms with Crippen LogP contribution in [0.25, 0.3) is 16.3 Å². The Morgan fingerprint density at radius 2 is 2.05 bits per heavy atom. The van der Waals surface area contributed by atoms with Crippen molar-refractivity contribution in [1.82, 2.24) is 4.98 Å². The predicted octanol–water partition coefficient (Wildman–Crippen LogP) is 3.36. The van der Waals surface area contributed by atoms with Crippen LogP contribution >= 0.6 is 11.3 Å². The zero-order valence-electron chi connectivity index (χ0n) is 11.4. The van der Waals surface area contributed by atoms with E-state index >= 15 is 0 Å². The van der Waals surface area contributed by atoms with Crippen molar-refractivity contribution in [2.24, 2.45) is 0 Å². The van der Waals surface area contributed by atoms with E-state index in [0.29, 0.717) is 11.3 Å². The van der Waals surface area contributed by atoms with Crippen molar-refractivity contribution in [2.75, 3.05) is 5.32 Å². The van der Waals surface area contributed by atoms with Crippen LogP contribution in [0.3, 0.4) is 0 Å². The Bertz CT molecular complexity index is 871. The molecule has 0 saturated carbocycles. The average Bonchev–Trinajstić information content (AvgIpc) is 2.96. The number of carbonyl (C=O) groups is 1. The van der Waals surface area contributed by atoms with Crippen molar-refractivity contribution in [3.05, 3.63) is 53.5 Å². The summed E-state index contributed by atoms with van der Waals surface area (Å²) in [5, 5.41) is 21.7. The Morgan fingerprint density at radius 1 is 1.18 bits per heavy atom. The van der Waals surface area contributed by atoms with E-state index in [1.165, 1.54) is 41.7 Å². The Kier molecular flexibility index (Phi) is 3.76. The number of rotatable bonds is 3. The van der Waals surface area contributed by atoms with Gasteiger partial charge in [-0.3, -0.25) is 4.79 Å². The molecule has 0 unspecified atom stereocenters. The number of carbonyl (C=O) groups excluding carboxylic acids is 1. The van der Waals surface area contributed by atoms with Crippen LogP contribution in [0, 0.1) is 0 Å².